The zero-order chi connectivity index (χ0) is 18.4. The van der Waals surface area contributed by atoms with E-state index in [-0.39, 0.29) is 11.7 Å². The van der Waals surface area contributed by atoms with Gasteiger partial charge in [-0.3, -0.25) is 19.6 Å². The van der Waals surface area contributed by atoms with Gasteiger partial charge in [0.1, 0.15) is 5.69 Å². The lowest BCUT2D eigenvalue weighted by atomic mass is 10.1. The lowest BCUT2D eigenvalue weighted by Gasteiger charge is -2.09. The highest BCUT2D eigenvalue weighted by Gasteiger charge is 2.09. The normalized spacial score (nSPS) is 10.2. The number of rotatable bonds is 6. The summed E-state index contributed by atoms with van der Waals surface area (Å²) in [6, 6.07) is 16.1. The molecule has 3 aromatic rings. The molecule has 3 rings (SSSR count). The van der Waals surface area contributed by atoms with Crippen LogP contribution in [0.15, 0.2) is 67.0 Å². The van der Waals surface area contributed by atoms with Crippen molar-refractivity contribution < 1.29 is 9.59 Å². The van der Waals surface area contributed by atoms with Gasteiger partial charge in [-0.2, -0.15) is 0 Å². The number of pyridine rings is 2. The van der Waals surface area contributed by atoms with Gasteiger partial charge in [-0.15, -0.1) is 0 Å². The quantitative estimate of drug-likeness (QED) is 0.669. The Hall–Kier alpha value is -3.54. The monoisotopic (exact) mass is 346 g/mol. The smallest absolute Gasteiger partial charge is 0.270 e. The third kappa shape index (κ3) is 4.51. The number of benzene rings is 1. The van der Waals surface area contributed by atoms with Gasteiger partial charge < -0.3 is 10.6 Å². The molecule has 130 valence electrons. The van der Waals surface area contributed by atoms with Crippen LogP contribution in [0.2, 0.25) is 0 Å². The Morgan fingerprint density at radius 1 is 0.923 bits per heavy atom. The van der Waals surface area contributed by atoms with Crippen LogP contribution in [0.4, 0.5) is 11.4 Å². The summed E-state index contributed by atoms with van der Waals surface area (Å²) in [6.45, 7) is 1.86. The molecule has 0 spiro atoms. The molecular formula is C20H18N4O2. The fourth-order valence-corrected chi connectivity index (χ4v) is 2.38. The van der Waals surface area contributed by atoms with Crippen LogP contribution in [0.1, 0.15) is 33.5 Å². The Morgan fingerprint density at radius 2 is 1.77 bits per heavy atom. The summed E-state index contributed by atoms with van der Waals surface area (Å²) in [5.41, 5.74) is 3.18. The summed E-state index contributed by atoms with van der Waals surface area (Å²) in [7, 11) is 0. The number of hydrogen-bond acceptors (Lipinski definition) is 5. The molecule has 26 heavy (non-hydrogen) atoms. The molecule has 0 aliphatic carbocycles. The number of ketones is 1. The van der Waals surface area contributed by atoms with Gasteiger partial charge in [0.2, 0.25) is 0 Å². The predicted molar refractivity (Wildman–Crippen MR) is 99.4 cm³/mol. The van der Waals surface area contributed by atoms with E-state index in [9.17, 15) is 9.59 Å². The molecule has 2 N–H and O–H groups in total. The predicted octanol–water partition coefficient (Wildman–Crippen LogP) is 3.35. The van der Waals surface area contributed by atoms with Crippen LogP contribution < -0.4 is 10.6 Å². The van der Waals surface area contributed by atoms with Gasteiger partial charge in [0.15, 0.2) is 5.78 Å². The second-order valence-corrected chi connectivity index (χ2v) is 5.70. The third-order valence-corrected chi connectivity index (χ3v) is 3.71. The molecule has 0 bridgehead atoms. The van der Waals surface area contributed by atoms with Gasteiger partial charge in [-0.1, -0.05) is 18.2 Å². The minimum Gasteiger partial charge on any atom is -0.355 e. The highest BCUT2D eigenvalue weighted by Crippen LogP contribution is 2.18. The number of aromatic nitrogens is 2. The first-order valence-electron chi connectivity index (χ1n) is 8.14. The Morgan fingerprint density at radius 3 is 2.54 bits per heavy atom. The Kier molecular flexibility index (Phi) is 5.34. The maximum atomic E-state index is 12.3. The van der Waals surface area contributed by atoms with E-state index in [0.717, 1.165) is 11.4 Å². The van der Waals surface area contributed by atoms with Crippen molar-refractivity contribution in [2.75, 3.05) is 5.32 Å². The average molecular weight is 346 g/mol. The van der Waals surface area contributed by atoms with Crippen molar-refractivity contribution >= 4 is 23.1 Å². The highest BCUT2D eigenvalue weighted by molar-refractivity contribution is 5.95. The molecule has 0 fully saturated rings. The molecule has 0 radical (unpaired) electrons. The van der Waals surface area contributed by atoms with Gasteiger partial charge in [-0.25, -0.2) is 0 Å². The number of carbonyl (C=O) groups is 2. The lowest BCUT2D eigenvalue weighted by molar-refractivity contribution is 0.0944. The minimum atomic E-state index is -0.281. The number of hydrogen-bond donors (Lipinski definition) is 2. The van der Waals surface area contributed by atoms with Gasteiger partial charge in [-0.05, 0) is 43.3 Å². The second kappa shape index (κ2) is 8.02. The molecule has 6 nitrogen and oxygen atoms in total. The first-order valence-corrected chi connectivity index (χ1v) is 8.14. The van der Waals surface area contributed by atoms with Crippen molar-refractivity contribution in [2.24, 2.45) is 0 Å². The van der Waals surface area contributed by atoms with Gasteiger partial charge >= 0.3 is 0 Å². The first kappa shape index (κ1) is 17.3. The second-order valence-electron chi connectivity index (χ2n) is 5.70. The van der Waals surface area contributed by atoms with Crippen molar-refractivity contribution in [2.45, 2.75) is 13.5 Å². The van der Waals surface area contributed by atoms with Crippen LogP contribution >= 0.6 is 0 Å². The van der Waals surface area contributed by atoms with Crippen LogP contribution in [-0.2, 0) is 6.54 Å². The summed E-state index contributed by atoms with van der Waals surface area (Å²) < 4.78 is 0. The Bertz CT molecular complexity index is 926. The lowest BCUT2D eigenvalue weighted by Crippen LogP contribution is -2.24. The third-order valence-electron chi connectivity index (χ3n) is 3.71. The van der Waals surface area contributed by atoms with Crippen molar-refractivity contribution in [3.63, 3.8) is 0 Å². The van der Waals surface area contributed by atoms with E-state index in [4.69, 9.17) is 0 Å². The van der Waals surface area contributed by atoms with Crippen molar-refractivity contribution in [3.05, 3.63) is 83.9 Å². The maximum absolute atomic E-state index is 12.3. The fourth-order valence-electron chi connectivity index (χ4n) is 2.38. The van der Waals surface area contributed by atoms with E-state index in [2.05, 4.69) is 20.6 Å². The SMILES string of the molecule is CC(=O)c1cccc(Nc2ccnc(C(=O)NCc3ccccn3)c2)c1. The van der Waals surface area contributed by atoms with Crippen molar-refractivity contribution in [3.8, 4) is 0 Å². The van der Waals surface area contributed by atoms with E-state index in [1.807, 2.05) is 24.3 Å². The number of Topliss-reactive ketones (excluding diaryl/α,β-unsaturated/α-hetero) is 1. The molecule has 2 heterocycles. The zero-order valence-electron chi connectivity index (χ0n) is 14.3. The molecule has 0 atom stereocenters. The Labute approximate surface area is 151 Å². The van der Waals surface area contributed by atoms with Crippen LogP contribution in [0.5, 0.6) is 0 Å². The maximum Gasteiger partial charge on any atom is 0.270 e. The summed E-state index contributed by atoms with van der Waals surface area (Å²) in [6.07, 6.45) is 3.24. The topological polar surface area (TPSA) is 84.0 Å². The van der Waals surface area contributed by atoms with E-state index < -0.39 is 0 Å². The Balaban J connectivity index is 1.68. The molecule has 6 heteroatoms. The van der Waals surface area contributed by atoms with Crippen LogP contribution in [0.25, 0.3) is 0 Å². The van der Waals surface area contributed by atoms with Gasteiger partial charge in [0.05, 0.1) is 12.2 Å². The molecule has 0 saturated carbocycles. The molecule has 0 saturated heterocycles. The standard InChI is InChI=1S/C20H18N4O2/c1-14(25)15-5-4-7-16(11-15)24-17-8-10-22-19(12-17)20(26)23-13-18-6-2-3-9-21-18/h2-12H,13H2,1H3,(H,22,24)(H,23,26). The fraction of sp³-hybridized carbons (Fsp3) is 0.100. The summed E-state index contributed by atoms with van der Waals surface area (Å²) in [4.78, 5) is 32.1. The van der Waals surface area contributed by atoms with Crippen LogP contribution in [-0.4, -0.2) is 21.7 Å². The zero-order valence-corrected chi connectivity index (χ0v) is 14.3. The van der Waals surface area contributed by atoms with E-state index in [1.54, 1.807) is 42.7 Å². The number of nitrogens with one attached hydrogen (secondary N) is 2. The molecular weight excluding hydrogens is 328 g/mol. The largest absolute Gasteiger partial charge is 0.355 e. The van der Waals surface area contributed by atoms with Gasteiger partial charge in [0, 0.05) is 29.3 Å². The number of carbonyl (C=O) groups excluding carboxylic acids is 2. The molecule has 0 aliphatic heterocycles. The van der Waals surface area contributed by atoms with Crippen LogP contribution in [0, 0.1) is 0 Å². The van der Waals surface area contributed by atoms with Gasteiger partial charge in [0.25, 0.3) is 5.91 Å². The van der Waals surface area contributed by atoms with Crippen molar-refractivity contribution in [1.82, 2.24) is 15.3 Å². The number of nitrogens with zero attached hydrogens (tertiary/aromatic N) is 2. The number of amides is 1. The summed E-state index contributed by atoms with van der Waals surface area (Å²) >= 11 is 0. The minimum absolute atomic E-state index is 0.00188. The molecule has 0 unspecified atom stereocenters. The van der Waals surface area contributed by atoms with E-state index in [1.165, 1.54) is 6.92 Å². The van der Waals surface area contributed by atoms with Crippen LogP contribution in [0.3, 0.4) is 0 Å². The van der Waals surface area contributed by atoms with Crippen molar-refractivity contribution in [1.29, 1.82) is 0 Å². The number of anilines is 2. The molecule has 0 aliphatic rings. The molecule has 2 aromatic heterocycles. The summed E-state index contributed by atoms with van der Waals surface area (Å²) in [5.74, 6) is -0.283. The first-order chi connectivity index (χ1) is 12.6. The van der Waals surface area contributed by atoms with E-state index >= 15 is 0 Å². The molecule has 1 amide bonds. The van der Waals surface area contributed by atoms with E-state index in [0.29, 0.717) is 23.5 Å². The molecule has 1 aromatic carbocycles. The highest BCUT2D eigenvalue weighted by atomic mass is 16.1. The summed E-state index contributed by atoms with van der Waals surface area (Å²) in [5, 5.41) is 5.98. The average Bonchev–Trinajstić information content (AvgIpc) is 2.67.